The van der Waals surface area contributed by atoms with Crippen LogP contribution in [-0.2, 0) is 9.59 Å². The van der Waals surface area contributed by atoms with E-state index >= 15 is 4.39 Å². The molecule has 0 saturated carbocycles. The molecule has 1 fully saturated rings. The van der Waals surface area contributed by atoms with Gasteiger partial charge in [0, 0.05) is 43.2 Å². The van der Waals surface area contributed by atoms with Gasteiger partial charge in [-0.3, -0.25) is 14.6 Å². The number of phenols is 1. The number of aromatic hydroxyl groups is 1. The molecule has 2 aromatic carbocycles. The Labute approximate surface area is 229 Å². The van der Waals surface area contributed by atoms with Crippen molar-refractivity contribution in [2.24, 2.45) is 0 Å². The van der Waals surface area contributed by atoms with Gasteiger partial charge >= 0.3 is 0 Å². The SMILES string of the molecule is C[C@@H]1CN2c3c(cnc4c(F)c(-c5c(O)cccc5F)c(Cl)cc34)N(C)C(=O)[C@H]2CN1C(=O)/C=C/CN(C)C. The Balaban J connectivity index is 1.61. The molecule has 0 bridgehead atoms. The lowest BCUT2D eigenvalue weighted by atomic mass is 9.96. The molecule has 39 heavy (non-hydrogen) atoms. The summed E-state index contributed by atoms with van der Waals surface area (Å²) in [4.78, 5) is 37.6. The molecule has 0 spiro atoms. The van der Waals surface area contributed by atoms with Gasteiger partial charge in [0.2, 0.25) is 5.91 Å². The number of rotatable bonds is 4. The van der Waals surface area contributed by atoms with Crippen LogP contribution >= 0.6 is 11.6 Å². The van der Waals surface area contributed by atoms with E-state index in [1.54, 1.807) is 18.0 Å². The summed E-state index contributed by atoms with van der Waals surface area (Å²) in [7, 11) is 5.41. The largest absolute Gasteiger partial charge is 0.507 e. The molecule has 0 unspecified atom stereocenters. The molecule has 11 heteroatoms. The minimum atomic E-state index is -0.885. The summed E-state index contributed by atoms with van der Waals surface area (Å²) >= 11 is 6.53. The van der Waals surface area contributed by atoms with Gasteiger partial charge in [-0.2, -0.15) is 0 Å². The van der Waals surface area contributed by atoms with Gasteiger partial charge in [-0.05, 0) is 39.2 Å². The number of aromatic nitrogens is 1. The monoisotopic (exact) mass is 555 g/mol. The lowest BCUT2D eigenvalue weighted by Gasteiger charge is -2.50. The first-order chi connectivity index (χ1) is 18.5. The predicted molar refractivity (Wildman–Crippen MR) is 147 cm³/mol. The van der Waals surface area contributed by atoms with Crippen molar-refractivity contribution in [2.45, 2.75) is 19.0 Å². The molecule has 2 aliphatic heterocycles. The molecular weight excluding hydrogens is 528 g/mol. The van der Waals surface area contributed by atoms with Crippen LogP contribution in [0.5, 0.6) is 5.75 Å². The zero-order chi connectivity index (χ0) is 28.2. The summed E-state index contributed by atoms with van der Waals surface area (Å²) in [6, 6.07) is 4.21. The van der Waals surface area contributed by atoms with E-state index in [0.29, 0.717) is 29.9 Å². The van der Waals surface area contributed by atoms with Crippen LogP contribution in [-0.4, -0.2) is 84.6 Å². The molecule has 0 aliphatic carbocycles. The standard InChI is InChI=1S/C28H28ClF2N5O3/c1-15-13-36-20(14-35(15)22(38)9-6-10-33(2)3)28(39)34(4)19-12-32-26-16(27(19)36)11-17(29)23(25(26)31)24-18(30)7-5-8-21(24)37/h5-9,11-12,15,20,37H,10,13-14H2,1-4H3/b9-6+/t15-,20-/m1/s1. The third kappa shape index (κ3) is 4.47. The van der Waals surface area contributed by atoms with E-state index in [-0.39, 0.29) is 46.1 Å². The second kappa shape index (κ2) is 10.1. The lowest BCUT2D eigenvalue weighted by Crippen LogP contribution is -2.65. The van der Waals surface area contributed by atoms with Crippen LogP contribution in [0.25, 0.3) is 22.0 Å². The number of amides is 2. The average molecular weight is 556 g/mol. The third-order valence-corrected chi connectivity index (χ3v) is 7.56. The molecular formula is C28H28ClF2N5O3. The highest BCUT2D eigenvalue weighted by Gasteiger charge is 2.44. The number of fused-ring (bicyclic) bond motifs is 5. The number of likely N-dealkylation sites (N-methyl/N-ethyl adjacent to an activating group) is 2. The molecule has 2 amide bonds. The molecule has 1 saturated heterocycles. The van der Waals surface area contributed by atoms with Crippen LogP contribution in [0.4, 0.5) is 20.2 Å². The Morgan fingerprint density at radius 3 is 2.69 bits per heavy atom. The van der Waals surface area contributed by atoms with Crippen molar-refractivity contribution in [2.75, 3.05) is 50.6 Å². The predicted octanol–water partition coefficient (Wildman–Crippen LogP) is 4.04. The van der Waals surface area contributed by atoms with Gasteiger partial charge in [-0.1, -0.05) is 23.7 Å². The third-order valence-electron chi connectivity index (χ3n) is 7.26. The average Bonchev–Trinajstić information content (AvgIpc) is 2.87. The molecule has 2 atom stereocenters. The molecule has 204 valence electrons. The molecule has 0 radical (unpaired) electrons. The maximum absolute atomic E-state index is 16.0. The van der Waals surface area contributed by atoms with E-state index in [0.717, 1.165) is 6.07 Å². The van der Waals surface area contributed by atoms with Crippen LogP contribution in [0.2, 0.25) is 5.02 Å². The summed E-state index contributed by atoms with van der Waals surface area (Å²) < 4.78 is 30.6. The van der Waals surface area contributed by atoms with Gasteiger partial charge < -0.3 is 24.7 Å². The Morgan fingerprint density at radius 1 is 1.26 bits per heavy atom. The van der Waals surface area contributed by atoms with Gasteiger partial charge in [-0.25, -0.2) is 8.78 Å². The molecule has 2 aliphatic rings. The number of hydrogen-bond acceptors (Lipinski definition) is 6. The summed E-state index contributed by atoms with van der Waals surface area (Å²) in [5.41, 5.74) is 0.305. The molecule has 1 aromatic heterocycles. The molecule has 1 N–H and O–H groups in total. The number of hydrogen-bond donors (Lipinski definition) is 1. The van der Waals surface area contributed by atoms with Gasteiger partial charge in [0.1, 0.15) is 23.1 Å². The fraction of sp³-hybridized carbons (Fsp3) is 0.321. The van der Waals surface area contributed by atoms with Crippen LogP contribution < -0.4 is 9.80 Å². The van der Waals surface area contributed by atoms with Crippen molar-refractivity contribution in [1.29, 1.82) is 0 Å². The van der Waals surface area contributed by atoms with Crippen molar-refractivity contribution >= 4 is 45.7 Å². The Bertz CT molecular complexity index is 1510. The number of piperazine rings is 1. The second-order valence-electron chi connectivity index (χ2n) is 10.1. The number of carbonyl (C=O) groups excluding carboxylic acids is 2. The van der Waals surface area contributed by atoms with Gasteiger partial charge in [-0.15, -0.1) is 0 Å². The number of anilines is 2. The van der Waals surface area contributed by atoms with Crippen molar-refractivity contribution in [3.8, 4) is 16.9 Å². The zero-order valence-corrected chi connectivity index (χ0v) is 22.7. The Hall–Kier alpha value is -3.76. The van der Waals surface area contributed by atoms with E-state index in [9.17, 15) is 19.1 Å². The summed E-state index contributed by atoms with van der Waals surface area (Å²) in [6.07, 6.45) is 4.70. The zero-order valence-electron chi connectivity index (χ0n) is 22.0. The number of halogens is 3. The quantitative estimate of drug-likeness (QED) is 0.490. The van der Waals surface area contributed by atoms with Crippen molar-refractivity contribution in [3.05, 3.63) is 59.3 Å². The first-order valence-corrected chi connectivity index (χ1v) is 12.8. The number of nitrogens with zero attached hydrogens (tertiary/aromatic N) is 5. The summed E-state index contributed by atoms with van der Waals surface area (Å²) in [5, 5.41) is 10.5. The van der Waals surface area contributed by atoms with Crippen LogP contribution in [0.1, 0.15) is 6.92 Å². The van der Waals surface area contributed by atoms with Gasteiger partial charge in [0.05, 0.1) is 34.7 Å². The van der Waals surface area contributed by atoms with Crippen molar-refractivity contribution in [1.82, 2.24) is 14.8 Å². The maximum atomic E-state index is 16.0. The molecule has 3 aromatic rings. The highest BCUT2D eigenvalue weighted by atomic mass is 35.5. The Kier molecular flexibility index (Phi) is 6.94. The van der Waals surface area contributed by atoms with Gasteiger partial charge in [0.25, 0.3) is 5.91 Å². The van der Waals surface area contributed by atoms with E-state index < -0.39 is 23.4 Å². The molecule has 5 rings (SSSR count). The first kappa shape index (κ1) is 26.8. The van der Waals surface area contributed by atoms with E-state index in [2.05, 4.69) is 4.98 Å². The van der Waals surface area contributed by atoms with Crippen LogP contribution in [0.3, 0.4) is 0 Å². The second-order valence-corrected chi connectivity index (χ2v) is 10.5. The normalized spacial score (nSPS) is 19.3. The lowest BCUT2D eigenvalue weighted by molar-refractivity contribution is -0.130. The minimum Gasteiger partial charge on any atom is -0.507 e. The Morgan fingerprint density at radius 2 is 2.00 bits per heavy atom. The van der Waals surface area contributed by atoms with Crippen molar-refractivity contribution in [3.63, 3.8) is 0 Å². The molecule has 8 nitrogen and oxygen atoms in total. The smallest absolute Gasteiger partial charge is 0.251 e. The van der Waals surface area contributed by atoms with Crippen LogP contribution in [0.15, 0.2) is 42.6 Å². The van der Waals surface area contributed by atoms with E-state index in [1.807, 2.05) is 30.8 Å². The number of pyridine rings is 1. The highest BCUT2D eigenvalue weighted by Crippen LogP contribution is 2.47. The summed E-state index contributed by atoms with van der Waals surface area (Å²) in [5.74, 6) is -2.57. The highest BCUT2D eigenvalue weighted by molar-refractivity contribution is 6.34. The van der Waals surface area contributed by atoms with Crippen molar-refractivity contribution < 1.29 is 23.5 Å². The molecule has 3 heterocycles. The van der Waals surface area contributed by atoms with Crippen LogP contribution in [0, 0.1) is 11.6 Å². The number of benzene rings is 2. The fourth-order valence-electron chi connectivity index (χ4n) is 5.32. The minimum absolute atomic E-state index is 0.0740. The van der Waals surface area contributed by atoms with E-state index in [1.165, 1.54) is 35.4 Å². The number of carbonyl (C=O) groups is 2. The topological polar surface area (TPSA) is 80.2 Å². The van der Waals surface area contributed by atoms with Gasteiger partial charge in [0.15, 0.2) is 5.82 Å². The number of phenolic OH excluding ortho intramolecular Hbond substituents is 1. The maximum Gasteiger partial charge on any atom is 0.251 e. The van der Waals surface area contributed by atoms with E-state index in [4.69, 9.17) is 11.6 Å². The first-order valence-electron chi connectivity index (χ1n) is 12.5. The fourth-order valence-corrected chi connectivity index (χ4v) is 5.61. The summed E-state index contributed by atoms with van der Waals surface area (Å²) in [6.45, 7) is 2.97.